The van der Waals surface area contributed by atoms with Crippen molar-refractivity contribution in [1.82, 2.24) is 0 Å². The molecule has 0 spiro atoms. The Morgan fingerprint density at radius 1 is 0.771 bits per heavy atom. The minimum atomic E-state index is -1.08. The zero-order valence-electron chi connectivity index (χ0n) is 28.6. The molecule has 276 valence electrons. The van der Waals surface area contributed by atoms with Gasteiger partial charge in [0.05, 0.1) is 37.9 Å². The molecular formula is C32H52O14S2. The van der Waals surface area contributed by atoms with E-state index in [-0.39, 0.29) is 57.1 Å². The first kappa shape index (κ1) is 47.0. The van der Waals surface area contributed by atoms with E-state index in [2.05, 4.69) is 22.6 Å². The smallest absolute Gasteiger partial charge is 0.330 e. The lowest BCUT2D eigenvalue weighted by Gasteiger charge is -2.20. The van der Waals surface area contributed by atoms with Crippen molar-refractivity contribution in [1.29, 1.82) is 0 Å². The van der Waals surface area contributed by atoms with Gasteiger partial charge in [-0.3, -0.25) is 19.2 Å². The van der Waals surface area contributed by atoms with Gasteiger partial charge in [-0.1, -0.05) is 33.4 Å². The third-order valence-electron chi connectivity index (χ3n) is 5.66. The van der Waals surface area contributed by atoms with Crippen LogP contribution >= 0.6 is 23.5 Å². The normalized spacial score (nSPS) is 12.5. The third kappa shape index (κ3) is 26.9. The van der Waals surface area contributed by atoms with Gasteiger partial charge in [-0.2, -0.15) is 23.5 Å². The zero-order valence-corrected chi connectivity index (χ0v) is 30.2. The van der Waals surface area contributed by atoms with Crippen LogP contribution in [-0.2, 0) is 57.2 Å². The number of ether oxygens (including phenoxy) is 6. The predicted molar refractivity (Wildman–Crippen MR) is 181 cm³/mol. The van der Waals surface area contributed by atoms with Crippen LogP contribution in [0.4, 0.5) is 0 Å². The van der Waals surface area contributed by atoms with Gasteiger partial charge in [0, 0.05) is 35.2 Å². The van der Waals surface area contributed by atoms with Gasteiger partial charge < -0.3 is 38.6 Å². The zero-order chi connectivity index (χ0) is 37.0. The van der Waals surface area contributed by atoms with E-state index >= 15 is 0 Å². The summed E-state index contributed by atoms with van der Waals surface area (Å²) in [6, 6.07) is 0. The summed E-state index contributed by atoms with van der Waals surface area (Å²) in [5.74, 6) is -0.893. The molecule has 0 saturated carbocycles. The second kappa shape index (κ2) is 28.9. The Labute approximate surface area is 291 Å². The third-order valence-corrected chi connectivity index (χ3v) is 8.30. The highest BCUT2D eigenvalue weighted by molar-refractivity contribution is 7.99. The molecule has 0 bridgehead atoms. The highest BCUT2D eigenvalue weighted by Gasteiger charge is 2.28. The molecular weight excluding hydrogens is 672 g/mol. The van der Waals surface area contributed by atoms with E-state index in [0.29, 0.717) is 29.6 Å². The van der Waals surface area contributed by atoms with Crippen molar-refractivity contribution in [3.63, 3.8) is 0 Å². The number of hydrogen-bond donors (Lipinski definition) is 2. The first-order chi connectivity index (χ1) is 22.6. The maximum absolute atomic E-state index is 11.7. The molecule has 0 fully saturated rings. The molecule has 0 radical (unpaired) electrons. The summed E-state index contributed by atoms with van der Waals surface area (Å²) in [4.78, 5) is 67.8. The minimum absolute atomic E-state index is 0.154. The van der Waals surface area contributed by atoms with E-state index in [4.69, 9.17) is 18.9 Å². The molecule has 0 aromatic heterocycles. The van der Waals surface area contributed by atoms with Gasteiger partial charge in [0.2, 0.25) is 0 Å². The molecule has 3 unspecified atom stereocenters. The van der Waals surface area contributed by atoms with Crippen molar-refractivity contribution in [2.24, 2.45) is 11.3 Å². The van der Waals surface area contributed by atoms with Gasteiger partial charge in [0.1, 0.15) is 38.6 Å². The number of rotatable bonds is 25. The molecule has 0 saturated heterocycles. The van der Waals surface area contributed by atoms with Gasteiger partial charge in [-0.05, 0) is 20.3 Å². The van der Waals surface area contributed by atoms with E-state index in [1.54, 1.807) is 20.8 Å². The lowest BCUT2D eigenvalue weighted by atomic mass is 9.97. The molecule has 0 aliphatic heterocycles. The van der Waals surface area contributed by atoms with Crippen LogP contribution in [0.15, 0.2) is 25.3 Å². The minimum Gasteiger partial charge on any atom is -0.469 e. The number of aliphatic hydroxyl groups is 2. The lowest BCUT2D eigenvalue weighted by molar-refractivity contribution is -0.151. The van der Waals surface area contributed by atoms with Crippen molar-refractivity contribution < 1.29 is 67.4 Å². The largest absolute Gasteiger partial charge is 0.469 e. The van der Waals surface area contributed by atoms with Crippen LogP contribution in [0.5, 0.6) is 0 Å². The number of hydrogen-bond acceptors (Lipinski definition) is 16. The van der Waals surface area contributed by atoms with Gasteiger partial charge in [0.25, 0.3) is 0 Å². The summed E-state index contributed by atoms with van der Waals surface area (Å²) in [5, 5.41) is 19.0. The molecule has 0 aromatic carbocycles. The van der Waals surface area contributed by atoms with Crippen LogP contribution < -0.4 is 0 Å². The number of methoxy groups -OCH3 is 1. The molecule has 48 heavy (non-hydrogen) atoms. The molecule has 0 amide bonds. The van der Waals surface area contributed by atoms with E-state index in [1.807, 2.05) is 6.92 Å². The van der Waals surface area contributed by atoms with Gasteiger partial charge in [-0.15, -0.1) is 0 Å². The van der Waals surface area contributed by atoms with E-state index < -0.39 is 41.5 Å². The fraction of sp³-hybridized carbons (Fsp3) is 0.688. The van der Waals surface area contributed by atoms with Crippen molar-refractivity contribution in [2.75, 3.05) is 63.2 Å². The first-order valence-electron chi connectivity index (χ1n) is 15.3. The van der Waals surface area contributed by atoms with Crippen molar-refractivity contribution in [2.45, 2.75) is 65.6 Å². The maximum Gasteiger partial charge on any atom is 0.330 e. The molecule has 0 aliphatic rings. The van der Waals surface area contributed by atoms with Crippen LogP contribution in [-0.4, -0.2) is 121 Å². The Morgan fingerprint density at radius 3 is 1.67 bits per heavy atom. The van der Waals surface area contributed by atoms with Crippen LogP contribution in [0.1, 0.15) is 53.4 Å². The fourth-order valence-electron chi connectivity index (χ4n) is 2.85. The monoisotopic (exact) mass is 724 g/mol. The first-order valence-corrected chi connectivity index (χ1v) is 17.6. The average Bonchev–Trinajstić information content (AvgIpc) is 3.07. The topological polar surface area (TPSA) is 198 Å². The molecule has 0 aliphatic carbocycles. The number of unbranched alkanes of at least 4 members (excludes halogenated alkanes) is 1. The number of aliphatic hydroxyl groups excluding tert-OH is 2. The molecule has 0 rings (SSSR count). The molecule has 14 nitrogen and oxygen atoms in total. The van der Waals surface area contributed by atoms with E-state index in [1.165, 1.54) is 30.6 Å². The molecule has 0 heterocycles. The lowest BCUT2D eigenvalue weighted by Crippen LogP contribution is -2.28. The predicted octanol–water partition coefficient (Wildman–Crippen LogP) is 2.66. The number of carbonyl (C=O) groups excluding carboxylic acids is 6. The number of esters is 6. The Hall–Kier alpha value is -3.08. The summed E-state index contributed by atoms with van der Waals surface area (Å²) in [7, 11) is 1.34. The Morgan fingerprint density at radius 2 is 1.23 bits per heavy atom. The highest BCUT2D eigenvalue weighted by atomic mass is 32.2. The summed E-state index contributed by atoms with van der Waals surface area (Å²) >= 11 is 2.90. The van der Waals surface area contributed by atoms with Gasteiger partial charge in [-0.25, -0.2) is 9.59 Å². The van der Waals surface area contributed by atoms with E-state index in [0.717, 1.165) is 25.0 Å². The van der Waals surface area contributed by atoms with Gasteiger partial charge >= 0.3 is 35.8 Å². The molecule has 2 N–H and O–H groups in total. The Kier molecular flexibility index (Phi) is 28.3. The second-order valence-corrected chi connectivity index (χ2v) is 13.0. The summed E-state index contributed by atoms with van der Waals surface area (Å²) < 4.78 is 28.8. The summed E-state index contributed by atoms with van der Waals surface area (Å²) in [6.45, 7) is 13.2. The maximum atomic E-state index is 11.7. The van der Waals surface area contributed by atoms with Crippen LogP contribution in [0.3, 0.4) is 0 Å². The SMILES string of the molecule is C=CC(=O)OCC(O)COC(=O)CCSCC(C)(C)C(=O)OC.C=CC(=O)OCC(O)COC(=O)CCSCC(C)C(=O)OCCCC. The number of carbonyl (C=O) groups is 6. The number of thioether (sulfide) groups is 2. The summed E-state index contributed by atoms with van der Waals surface area (Å²) in [5.41, 5.74) is -0.617. The molecule has 3 atom stereocenters. The average molecular weight is 725 g/mol. The van der Waals surface area contributed by atoms with Crippen LogP contribution in [0.2, 0.25) is 0 Å². The second-order valence-electron chi connectivity index (χ2n) is 10.8. The van der Waals surface area contributed by atoms with Crippen molar-refractivity contribution in [3.05, 3.63) is 25.3 Å². The fourth-order valence-corrected chi connectivity index (χ4v) is 4.91. The van der Waals surface area contributed by atoms with Gasteiger partial charge in [0.15, 0.2) is 0 Å². The van der Waals surface area contributed by atoms with Crippen LogP contribution in [0.25, 0.3) is 0 Å². The quantitative estimate of drug-likeness (QED) is 0.0602. The Bertz CT molecular complexity index is 1000. The van der Waals surface area contributed by atoms with E-state index in [9.17, 15) is 39.0 Å². The standard InChI is InChI=1S/C17H28O7S.C15H24O7S/c1-4-6-8-22-17(21)13(3)12-25-9-7-16(20)24-11-14(18)10-23-15(19)5-2;1-5-12(17)21-8-11(16)9-22-13(18)6-7-23-10-15(2,3)14(19)20-4/h5,13-14,18H,2,4,6-12H2,1,3H3;5,11,16H,1,6-10H2,2-4H3. The molecule has 0 aromatic rings. The highest BCUT2D eigenvalue weighted by Crippen LogP contribution is 2.23. The van der Waals surface area contributed by atoms with Crippen molar-refractivity contribution >= 4 is 59.3 Å². The molecule has 16 heteroatoms. The Balaban J connectivity index is 0. The summed E-state index contributed by atoms with van der Waals surface area (Å²) in [6.07, 6.45) is 1.97. The van der Waals surface area contributed by atoms with Crippen LogP contribution in [0, 0.1) is 11.3 Å². The van der Waals surface area contributed by atoms with Crippen molar-refractivity contribution in [3.8, 4) is 0 Å².